The number of fused-ring (bicyclic) bond motifs is 1. The van der Waals surface area contributed by atoms with Gasteiger partial charge >= 0.3 is 0 Å². The highest BCUT2D eigenvalue weighted by atomic mass is 16.3. The van der Waals surface area contributed by atoms with Crippen LogP contribution in [0.5, 0.6) is 0 Å². The van der Waals surface area contributed by atoms with Crippen LogP contribution >= 0.6 is 0 Å². The summed E-state index contributed by atoms with van der Waals surface area (Å²) in [7, 11) is 0. The van der Waals surface area contributed by atoms with E-state index in [0.29, 0.717) is 18.3 Å². The maximum atomic E-state index is 10.5. The Morgan fingerprint density at radius 2 is 2.07 bits per heavy atom. The van der Waals surface area contributed by atoms with Crippen LogP contribution in [0.3, 0.4) is 0 Å². The van der Waals surface area contributed by atoms with Crippen molar-refractivity contribution in [1.82, 2.24) is 5.32 Å². The van der Waals surface area contributed by atoms with Crippen LogP contribution in [0.2, 0.25) is 0 Å². The summed E-state index contributed by atoms with van der Waals surface area (Å²) in [6.45, 7) is 8.32. The molecule has 0 heterocycles. The number of hydrogen-bond acceptors (Lipinski definition) is 3. The Hall–Kier alpha value is -1.08. The maximum Gasteiger partial charge on any atom is 0.0755 e. The van der Waals surface area contributed by atoms with Gasteiger partial charge in [-0.1, -0.05) is 37.6 Å². The van der Waals surface area contributed by atoms with Crippen LogP contribution < -0.4 is 5.32 Å². The van der Waals surface area contributed by atoms with Gasteiger partial charge in [0.05, 0.1) is 12.2 Å². The van der Waals surface area contributed by atoms with Gasteiger partial charge in [0.1, 0.15) is 0 Å². The third-order valence-corrected chi connectivity index (χ3v) is 6.49. The molecule has 0 aromatic heterocycles. The van der Waals surface area contributed by atoms with Gasteiger partial charge in [-0.05, 0) is 82.7 Å². The van der Waals surface area contributed by atoms with E-state index in [4.69, 9.17) is 0 Å². The number of allylic oxidation sites excluding steroid dienone is 2. The molecule has 2 aliphatic rings. The lowest BCUT2D eigenvalue weighted by Crippen LogP contribution is -2.19. The van der Waals surface area contributed by atoms with E-state index in [-0.39, 0.29) is 17.9 Å². The van der Waals surface area contributed by atoms with E-state index in [0.717, 1.165) is 32.4 Å². The third kappa shape index (κ3) is 7.07. The van der Waals surface area contributed by atoms with Crippen molar-refractivity contribution in [2.75, 3.05) is 13.1 Å². The number of rotatable bonds is 11. The van der Waals surface area contributed by atoms with Crippen LogP contribution in [0.4, 0.5) is 0 Å². The quantitative estimate of drug-likeness (QED) is 0.279. The fraction of sp³-hybridized carbons (Fsp3) is 0.760. The summed E-state index contributed by atoms with van der Waals surface area (Å²) in [5.41, 5.74) is 1.59. The molecule has 2 saturated carbocycles. The SMILES string of the molecule is CC#CC[C@@H](C)[C@H](O)/C=C/[C@@H]1[C@H]2C/C(=C/CCCCNCCC)C[C@H]2C[C@H]1O. The van der Waals surface area contributed by atoms with Crippen molar-refractivity contribution in [3.8, 4) is 11.8 Å². The van der Waals surface area contributed by atoms with Crippen molar-refractivity contribution in [2.24, 2.45) is 23.7 Å². The second-order valence-electron chi connectivity index (χ2n) is 8.80. The number of nitrogens with one attached hydrogen (secondary N) is 1. The topological polar surface area (TPSA) is 52.5 Å². The van der Waals surface area contributed by atoms with Crippen molar-refractivity contribution in [3.63, 3.8) is 0 Å². The van der Waals surface area contributed by atoms with E-state index in [1.54, 1.807) is 5.57 Å². The lowest BCUT2D eigenvalue weighted by atomic mass is 9.89. The van der Waals surface area contributed by atoms with Gasteiger partial charge in [0.15, 0.2) is 0 Å². The molecular formula is C25H41NO2. The van der Waals surface area contributed by atoms with Gasteiger partial charge in [0.25, 0.3) is 0 Å². The first-order valence-electron chi connectivity index (χ1n) is 11.4. The fourth-order valence-corrected chi connectivity index (χ4v) is 4.76. The van der Waals surface area contributed by atoms with Gasteiger partial charge < -0.3 is 15.5 Å². The normalized spacial score (nSPS) is 30.4. The molecule has 3 N–H and O–H groups in total. The summed E-state index contributed by atoms with van der Waals surface area (Å²) in [5.74, 6) is 7.41. The van der Waals surface area contributed by atoms with Crippen LogP contribution in [-0.4, -0.2) is 35.5 Å². The van der Waals surface area contributed by atoms with Crippen LogP contribution in [0.25, 0.3) is 0 Å². The molecule has 158 valence electrons. The second kappa shape index (κ2) is 12.5. The molecule has 3 nitrogen and oxygen atoms in total. The first-order valence-corrected chi connectivity index (χ1v) is 11.4. The zero-order chi connectivity index (χ0) is 20.4. The van der Waals surface area contributed by atoms with Crippen LogP contribution in [0.1, 0.15) is 72.1 Å². The van der Waals surface area contributed by atoms with Gasteiger partial charge in [0.2, 0.25) is 0 Å². The summed E-state index contributed by atoms with van der Waals surface area (Å²) in [4.78, 5) is 0. The molecular weight excluding hydrogens is 346 g/mol. The summed E-state index contributed by atoms with van der Waals surface area (Å²) < 4.78 is 0. The zero-order valence-electron chi connectivity index (χ0n) is 18.2. The Labute approximate surface area is 172 Å². The molecule has 0 aromatic carbocycles. The molecule has 0 radical (unpaired) electrons. The summed E-state index contributed by atoms with van der Waals surface area (Å²) >= 11 is 0. The predicted molar refractivity (Wildman–Crippen MR) is 118 cm³/mol. The number of unbranched alkanes of at least 4 members (excludes halogenated alkanes) is 2. The van der Waals surface area contributed by atoms with Gasteiger partial charge in [-0.3, -0.25) is 0 Å². The molecule has 0 amide bonds. The molecule has 0 spiro atoms. The molecule has 2 fully saturated rings. The molecule has 2 aliphatic carbocycles. The smallest absolute Gasteiger partial charge is 0.0755 e. The Kier molecular flexibility index (Phi) is 10.3. The van der Waals surface area contributed by atoms with E-state index in [9.17, 15) is 10.2 Å². The average Bonchev–Trinajstić information content (AvgIpc) is 3.19. The van der Waals surface area contributed by atoms with E-state index in [1.165, 1.54) is 25.7 Å². The van der Waals surface area contributed by atoms with Crippen molar-refractivity contribution in [1.29, 1.82) is 0 Å². The maximum absolute atomic E-state index is 10.5. The molecule has 6 atom stereocenters. The zero-order valence-corrected chi connectivity index (χ0v) is 18.2. The van der Waals surface area contributed by atoms with Crippen molar-refractivity contribution >= 4 is 0 Å². The van der Waals surface area contributed by atoms with E-state index >= 15 is 0 Å². The minimum absolute atomic E-state index is 0.129. The highest BCUT2D eigenvalue weighted by molar-refractivity contribution is 5.18. The Balaban J connectivity index is 1.79. The predicted octanol–water partition coefficient (Wildman–Crippen LogP) is 4.46. The molecule has 0 unspecified atom stereocenters. The van der Waals surface area contributed by atoms with Gasteiger partial charge in [-0.25, -0.2) is 0 Å². The Morgan fingerprint density at radius 3 is 2.82 bits per heavy atom. The number of aliphatic hydroxyl groups excluding tert-OH is 2. The monoisotopic (exact) mass is 387 g/mol. The van der Waals surface area contributed by atoms with E-state index < -0.39 is 6.10 Å². The highest BCUT2D eigenvalue weighted by Gasteiger charge is 2.44. The van der Waals surface area contributed by atoms with Crippen LogP contribution in [-0.2, 0) is 0 Å². The summed E-state index contributed by atoms with van der Waals surface area (Å²) in [6.07, 6.45) is 14.5. The van der Waals surface area contributed by atoms with E-state index in [1.807, 2.05) is 19.9 Å². The van der Waals surface area contributed by atoms with Crippen LogP contribution in [0.15, 0.2) is 23.8 Å². The van der Waals surface area contributed by atoms with Crippen molar-refractivity contribution in [2.45, 2.75) is 84.3 Å². The largest absolute Gasteiger partial charge is 0.392 e. The Morgan fingerprint density at radius 1 is 1.25 bits per heavy atom. The molecule has 0 aromatic rings. The standard InChI is InChI=1S/C25H41NO2/c1-4-6-10-19(3)24(27)13-12-22-23-17-20(16-21(23)18-25(22)28)11-8-7-9-15-26-14-5-2/h11-13,19,21-28H,5,7-10,14-18H2,1-3H3/b13-12+,20-11+/t19-,21+,22-,23+,24-,25-/m1/s1. The highest BCUT2D eigenvalue weighted by Crippen LogP contribution is 2.50. The Bertz CT molecular complexity index is 571. The lowest BCUT2D eigenvalue weighted by molar-refractivity contribution is 0.137. The summed E-state index contributed by atoms with van der Waals surface area (Å²) in [6, 6.07) is 0. The molecule has 0 aliphatic heterocycles. The van der Waals surface area contributed by atoms with Crippen molar-refractivity contribution < 1.29 is 10.2 Å². The number of hydrogen-bond donors (Lipinski definition) is 3. The molecule has 3 heteroatoms. The van der Waals surface area contributed by atoms with Gasteiger partial charge in [-0.2, -0.15) is 0 Å². The molecule has 28 heavy (non-hydrogen) atoms. The van der Waals surface area contributed by atoms with E-state index in [2.05, 4.69) is 36.2 Å². The average molecular weight is 388 g/mol. The van der Waals surface area contributed by atoms with Gasteiger partial charge in [-0.15, -0.1) is 11.8 Å². The van der Waals surface area contributed by atoms with Gasteiger partial charge in [0, 0.05) is 12.3 Å². The summed E-state index contributed by atoms with van der Waals surface area (Å²) in [5, 5.41) is 24.3. The van der Waals surface area contributed by atoms with Crippen molar-refractivity contribution in [3.05, 3.63) is 23.8 Å². The molecule has 0 bridgehead atoms. The minimum atomic E-state index is -0.482. The number of aliphatic hydroxyl groups is 2. The van der Waals surface area contributed by atoms with Crippen LogP contribution in [0, 0.1) is 35.5 Å². The third-order valence-electron chi connectivity index (χ3n) is 6.49. The first-order chi connectivity index (χ1) is 13.6. The molecule has 2 rings (SSSR count). The minimum Gasteiger partial charge on any atom is -0.392 e. The second-order valence-corrected chi connectivity index (χ2v) is 8.80. The fourth-order valence-electron chi connectivity index (χ4n) is 4.76. The lowest BCUT2D eigenvalue weighted by Gasteiger charge is -2.19. The first kappa shape index (κ1) is 23.2. The molecule has 0 saturated heterocycles.